The molecule has 0 saturated heterocycles. The van der Waals surface area contributed by atoms with Crippen LogP contribution in [0.15, 0.2) is 48.6 Å². The first kappa shape index (κ1) is 11.0. The van der Waals surface area contributed by atoms with Crippen molar-refractivity contribution in [3.8, 4) is 0 Å². The van der Waals surface area contributed by atoms with Crippen LogP contribution in [-0.4, -0.2) is 0 Å². The number of allylic oxidation sites excluding steroid dienone is 6. The van der Waals surface area contributed by atoms with E-state index in [4.69, 9.17) is 0 Å². The van der Waals surface area contributed by atoms with Crippen LogP contribution in [0.4, 0.5) is 0 Å². The molecule has 0 rings (SSSR count). The van der Waals surface area contributed by atoms with Gasteiger partial charge in [-0.1, -0.05) is 51.3 Å². The molecule has 0 heteroatoms. The SMILES string of the molecule is C=C/C=C(\C=C/CC)C(=C)CC. The van der Waals surface area contributed by atoms with Gasteiger partial charge in [0.2, 0.25) is 0 Å². The summed E-state index contributed by atoms with van der Waals surface area (Å²) in [4.78, 5) is 0. The summed E-state index contributed by atoms with van der Waals surface area (Å²) < 4.78 is 0. The highest BCUT2D eigenvalue weighted by Crippen LogP contribution is 2.13. The summed E-state index contributed by atoms with van der Waals surface area (Å²) in [7, 11) is 0. The molecule has 12 heavy (non-hydrogen) atoms. The van der Waals surface area contributed by atoms with Crippen molar-refractivity contribution in [3.63, 3.8) is 0 Å². The van der Waals surface area contributed by atoms with Crippen molar-refractivity contribution in [2.75, 3.05) is 0 Å². The zero-order valence-corrected chi connectivity index (χ0v) is 8.14. The van der Waals surface area contributed by atoms with Crippen LogP contribution in [0.3, 0.4) is 0 Å². The largest absolute Gasteiger partial charge is 0.0990 e. The third-order valence-corrected chi connectivity index (χ3v) is 1.67. The van der Waals surface area contributed by atoms with Gasteiger partial charge < -0.3 is 0 Å². The molecule has 0 amide bonds. The summed E-state index contributed by atoms with van der Waals surface area (Å²) in [6.07, 6.45) is 10.1. The Labute approximate surface area is 76.0 Å². The van der Waals surface area contributed by atoms with Gasteiger partial charge in [0.15, 0.2) is 0 Å². The molecule has 0 saturated carbocycles. The molecule has 66 valence electrons. The molecule has 0 aromatic heterocycles. The second kappa shape index (κ2) is 6.66. The lowest BCUT2D eigenvalue weighted by Crippen LogP contribution is -1.81. The number of rotatable bonds is 5. The molecule has 0 aromatic carbocycles. The third-order valence-electron chi connectivity index (χ3n) is 1.67. The minimum Gasteiger partial charge on any atom is -0.0990 e. The molecule has 0 atom stereocenters. The van der Waals surface area contributed by atoms with Crippen molar-refractivity contribution < 1.29 is 0 Å². The zero-order chi connectivity index (χ0) is 9.40. The number of hydrogen-bond acceptors (Lipinski definition) is 0. The molecule has 0 aliphatic carbocycles. The lowest BCUT2D eigenvalue weighted by molar-refractivity contribution is 1.13. The first-order chi connectivity index (χ1) is 5.76. The fraction of sp³-hybridized carbons (Fsp3) is 0.333. The highest BCUT2D eigenvalue weighted by Gasteiger charge is 1.93. The molecule has 0 aromatic rings. The lowest BCUT2D eigenvalue weighted by atomic mass is 10.0. The summed E-state index contributed by atoms with van der Waals surface area (Å²) in [6.45, 7) is 11.9. The van der Waals surface area contributed by atoms with Gasteiger partial charge in [0.05, 0.1) is 0 Å². The minimum atomic E-state index is 0.994. The van der Waals surface area contributed by atoms with Gasteiger partial charge in [-0.15, -0.1) is 0 Å². The summed E-state index contributed by atoms with van der Waals surface area (Å²) in [5.74, 6) is 0. The Balaban J connectivity index is 4.44. The van der Waals surface area contributed by atoms with E-state index in [1.807, 2.05) is 6.08 Å². The predicted molar refractivity (Wildman–Crippen MR) is 57.1 cm³/mol. The first-order valence-electron chi connectivity index (χ1n) is 4.43. The van der Waals surface area contributed by atoms with Gasteiger partial charge in [-0.25, -0.2) is 0 Å². The quantitative estimate of drug-likeness (QED) is 0.535. The van der Waals surface area contributed by atoms with E-state index in [1.165, 1.54) is 11.1 Å². The van der Waals surface area contributed by atoms with Gasteiger partial charge in [0.25, 0.3) is 0 Å². The van der Waals surface area contributed by atoms with Crippen molar-refractivity contribution in [2.45, 2.75) is 26.7 Å². The van der Waals surface area contributed by atoms with Gasteiger partial charge in [0, 0.05) is 0 Å². The summed E-state index contributed by atoms with van der Waals surface area (Å²) >= 11 is 0. The van der Waals surface area contributed by atoms with Crippen molar-refractivity contribution in [3.05, 3.63) is 48.6 Å². The summed E-state index contributed by atoms with van der Waals surface area (Å²) in [6, 6.07) is 0. The molecule has 0 unspecified atom stereocenters. The van der Waals surface area contributed by atoms with E-state index in [0.717, 1.165) is 12.8 Å². The van der Waals surface area contributed by atoms with Crippen LogP contribution < -0.4 is 0 Å². The van der Waals surface area contributed by atoms with Crippen molar-refractivity contribution >= 4 is 0 Å². The van der Waals surface area contributed by atoms with Crippen LogP contribution in [0, 0.1) is 0 Å². The maximum atomic E-state index is 3.98. The Bertz CT molecular complexity index is 204. The minimum absolute atomic E-state index is 0.994. The molecule has 0 heterocycles. The van der Waals surface area contributed by atoms with Gasteiger partial charge in [-0.2, -0.15) is 0 Å². The van der Waals surface area contributed by atoms with E-state index in [9.17, 15) is 0 Å². The first-order valence-corrected chi connectivity index (χ1v) is 4.43. The zero-order valence-electron chi connectivity index (χ0n) is 8.14. The van der Waals surface area contributed by atoms with Gasteiger partial charge in [0.1, 0.15) is 0 Å². The van der Waals surface area contributed by atoms with Crippen LogP contribution in [0.1, 0.15) is 26.7 Å². The topological polar surface area (TPSA) is 0 Å². The van der Waals surface area contributed by atoms with Crippen LogP contribution in [0.25, 0.3) is 0 Å². The Morgan fingerprint density at radius 1 is 1.33 bits per heavy atom. The van der Waals surface area contributed by atoms with E-state index in [1.54, 1.807) is 6.08 Å². The molecular weight excluding hydrogens is 144 g/mol. The molecule has 0 aliphatic heterocycles. The van der Waals surface area contributed by atoms with Crippen molar-refractivity contribution in [2.24, 2.45) is 0 Å². The normalized spacial score (nSPS) is 12.0. The summed E-state index contributed by atoms with van der Waals surface area (Å²) in [5.41, 5.74) is 2.36. The lowest BCUT2D eigenvalue weighted by Gasteiger charge is -2.01. The maximum Gasteiger partial charge on any atom is -0.0234 e. The Kier molecular flexibility index (Phi) is 6.08. The Morgan fingerprint density at radius 3 is 2.42 bits per heavy atom. The monoisotopic (exact) mass is 162 g/mol. The average Bonchev–Trinajstić information content (AvgIpc) is 2.11. The van der Waals surface area contributed by atoms with E-state index < -0.39 is 0 Å². The van der Waals surface area contributed by atoms with Crippen LogP contribution in [-0.2, 0) is 0 Å². The molecule has 0 bridgehead atoms. The number of hydrogen-bond donors (Lipinski definition) is 0. The molecule has 0 fully saturated rings. The molecule has 0 nitrogen and oxygen atoms in total. The second-order valence-electron chi connectivity index (χ2n) is 2.63. The highest BCUT2D eigenvalue weighted by atomic mass is 14.0. The summed E-state index contributed by atoms with van der Waals surface area (Å²) in [5, 5.41) is 0. The Hall–Kier alpha value is -1.04. The molecular formula is C12H18. The van der Waals surface area contributed by atoms with Crippen molar-refractivity contribution in [1.82, 2.24) is 0 Å². The van der Waals surface area contributed by atoms with Crippen LogP contribution >= 0.6 is 0 Å². The van der Waals surface area contributed by atoms with Gasteiger partial charge in [-0.3, -0.25) is 0 Å². The molecule has 0 spiro atoms. The second-order valence-corrected chi connectivity index (χ2v) is 2.63. The van der Waals surface area contributed by atoms with E-state index in [0.29, 0.717) is 0 Å². The molecule has 0 radical (unpaired) electrons. The van der Waals surface area contributed by atoms with Gasteiger partial charge in [-0.05, 0) is 24.0 Å². The Morgan fingerprint density at radius 2 is 2.00 bits per heavy atom. The van der Waals surface area contributed by atoms with Crippen LogP contribution in [0.5, 0.6) is 0 Å². The smallest absolute Gasteiger partial charge is 0.0234 e. The third kappa shape index (κ3) is 3.97. The standard InChI is InChI=1S/C12H18/c1-5-8-10-12(9-6-2)11(4)7-3/h6,8-10H,2,4-5,7H2,1,3H3/b10-8-,12-9+. The van der Waals surface area contributed by atoms with E-state index in [2.05, 4.69) is 39.2 Å². The molecule has 0 N–H and O–H groups in total. The fourth-order valence-corrected chi connectivity index (χ4v) is 0.867. The molecule has 0 aliphatic rings. The maximum absolute atomic E-state index is 3.98. The van der Waals surface area contributed by atoms with Crippen LogP contribution in [0.2, 0.25) is 0 Å². The average molecular weight is 162 g/mol. The van der Waals surface area contributed by atoms with Crippen molar-refractivity contribution in [1.29, 1.82) is 0 Å². The van der Waals surface area contributed by atoms with E-state index in [-0.39, 0.29) is 0 Å². The predicted octanol–water partition coefficient (Wildman–Crippen LogP) is 4.03. The van der Waals surface area contributed by atoms with E-state index >= 15 is 0 Å². The highest BCUT2D eigenvalue weighted by molar-refractivity contribution is 5.39. The van der Waals surface area contributed by atoms with Gasteiger partial charge >= 0.3 is 0 Å². The fourth-order valence-electron chi connectivity index (χ4n) is 0.867.